The first-order valence-electron chi connectivity index (χ1n) is 6.61. The molecular weight excluding hydrogens is 254 g/mol. The number of benzene rings is 1. The maximum Gasteiger partial charge on any atom is 0.270 e. The van der Waals surface area contributed by atoms with E-state index in [9.17, 15) is 9.90 Å². The van der Waals surface area contributed by atoms with Crippen molar-refractivity contribution in [2.75, 3.05) is 5.73 Å². The van der Waals surface area contributed by atoms with Crippen molar-refractivity contribution in [3.05, 3.63) is 36.0 Å². The minimum absolute atomic E-state index is 0.128. The summed E-state index contributed by atoms with van der Waals surface area (Å²) < 4.78 is 0. The number of nitrogens with two attached hydrogens (primary N) is 1. The van der Waals surface area contributed by atoms with Gasteiger partial charge < -0.3 is 16.2 Å². The van der Waals surface area contributed by atoms with Gasteiger partial charge in [-0.25, -0.2) is 4.98 Å². The number of para-hydroxylation sites is 1. The molecule has 2 rings (SSSR count). The van der Waals surface area contributed by atoms with Crippen molar-refractivity contribution < 1.29 is 9.90 Å². The molecular formula is C15H19N3O2. The van der Waals surface area contributed by atoms with Crippen LogP contribution < -0.4 is 11.1 Å². The lowest BCUT2D eigenvalue weighted by atomic mass is 10.1. The molecule has 4 N–H and O–H groups in total. The standard InChI is InChI=1S/C15H19N3O2/c1-9(7-10(2)19)17-15(20)14-8-12(16)11-5-3-4-6-13(11)18-14/h3-6,8-10,19H,7H2,1-2H3,(H2,16,18)(H,17,20). The summed E-state index contributed by atoms with van der Waals surface area (Å²) in [5.74, 6) is -0.282. The third-order valence-electron chi connectivity index (χ3n) is 3.05. The van der Waals surface area contributed by atoms with Gasteiger partial charge in [0.05, 0.1) is 11.6 Å². The van der Waals surface area contributed by atoms with Gasteiger partial charge in [0, 0.05) is 17.1 Å². The molecule has 0 fully saturated rings. The molecule has 0 saturated carbocycles. The number of nitrogens with zero attached hydrogens (tertiary/aromatic N) is 1. The summed E-state index contributed by atoms with van der Waals surface area (Å²) in [6.45, 7) is 3.53. The lowest BCUT2D eigenvalue weighted by Gasteiger charge is -2.15. The number of amides is 1. The zero-order valence-electron chi connectivity index (χ0n) is 11.6. The second-order valence-electron chi connectivity index (χ2n) is 5.07. The van der Waals surface area contributed by atoms with Gasteiger partial charge in [-0.1, -0.05) is 18.2 Å². The molecule has 0 bridgehead atoms. The number of carbonyl (C=O) groups excluding carboxylic acids is 1. The van der Waals surface area contributed by atoms with Crippen LogP contribution >= 0.6 is 0 Å². The van der Waals surface area contributed by atoms with Crippen molar-refractivity contribution in [1.82, 2.24) is 10.3 Å². The summed E-state index contributed by atoms with van der Waals surface area (Å²) in [4.78, 5) is 16.4. The average molecular weight is 273 g/mol. The van der Waals surface area contributed by atoms with Crippen molar-refractivity contribution in [2.45, 2.75) is 32.4 Å². The SMILES string of the molecule is CC(O)CC(C)NC(=O)c1cc(N)c2ccccc2n1. The second kappa shape index (κ2) is 5.88. The van der Waals surface area contributed by atoms with Gasteiger partial charge in [-0.2, -0.15) is 0 Å². The molecule has 0 aliphatic rings. The van der Waals surface area contributed by atoms with E-state index < -0.39 is 6.10 Å². The molecule has 106 valence electrons. The van der Waals surface area contributed by atoms with E-state index in [1.54, 1.807) is 13.0 Å². The molecule has 1 aromatic carbocycles. The highest BCUT2D eigenvalue weighted by atomic mass is 16.3. The molecule has 1 heterocycles. The predicted molar refractivity (Wildman–Crippen MR) is 79.4 cm³/mol. The highest BCUT2D eigenvalue weighted by molar-refractivity contribution is 5.99. The fourth-order valence-corrected chi connectivity index (χ4v) is 2.19. The molecule has 2 aromatic rings. The van der Waals surface area contributed by atoms with Crippen LogP contribution in [0, 0.1) is 0 Å². The van der Waals surface area contributed by atoms with E-state index in [0.717, 1.165) is 5.39 Å². The Labute approximate surface area is 117 Å². The molecule has 0 saturated heterocycles. The summed E-state index contributed by atoms with van der Waals surface area (Å²) in [6.07, 6.45) is 0.0364. The van der Waals surface area contributed by atoms with E-state index in [4.69, 9.17) is 5.73 Å². The minimum atomic E-state index is -0.458. The topological polar surface area (TPSA) is 88.2 Å². The maximum atomic E-state index is 12.1. The van der Waals surface area contributed by atoms with E-state index in [1.165, 1.54) is 0 Å². The first kappa shape index (κ1) is 14.3. The van der Waals surface area contributed by atoms with Crippen LogP contribution in [0.3, 0.4) is 0 Å². The van der Waals surface area contributed by atoms with E-state index in [0.29, 0.717) is 23.3 Å². The zero-order chi connectivity index (χ0) is 14.7. The highest BCUT2D eigenvalue weighted by Gasteiger charge is 2.14. The van der Waals surface area contributed by atoms with Gasteiger partial charge in [-0.15, -0.1) is 0 Å². The number of aromatic nitrogens is 1. The molecule has 0 aliphatic carbocycles. The molecule has 2 unspecified atom stereocenters. The maximum absolute atomic E-state index is 12.1. The number of hydrogen-bond acceptors (Lipinski definition) is 4. The van der Waals surface area contributed by atoms with Crippen LogP contribution in [-0.4, -0.2) is 28.1 Å². The van der Waals surface area contributed by atoms with Crippen molar-refractivity contribution in [3.63, 3.8) is 0 Å². The summed E-state index contributed by atoms with van der Waals surface area (Å²) in [5.41, 5.74) is 7.46. The van der Waals surface area contributed by atoms with Gasteiger partial charge in [-0.05, 0) is 32.4 Å². The van der Waals surface area contributed by atoms with Gasteiger partial charge in [0.1, 0.15) is 5.69 Å². The summed E-state index contributed by atoms with van der Waals surface area (Å²) >= 11 is 0. The molecule has 0 spiro atoms. The number of rotatable bonds is 4. The number of aliphatic hydroxyl groups is 1. The summed E-state index contributed by atoms with van der Waals surface area (Å²) in [5, 5.41) is 12.9. The largest absolute Gasteiger partial charge is 0.398 e. The Morgan fingerprint density at radius 1 is 1.40 bits per heavy atom. The second-order valence-corrected chi connectivity index (χ2v) is 5.07. The van der Waals surface area contributed by atoms with Crippen molar-refractivity contribution in [1.29, 1.82) is 0 Å². The fourth-order valence-electron chi connectivity index (χ4n) is 2.19. The van der Waals surface area contributed by atoms with Crippen LogP contribution in [0.25, 0.3) is 10.9 Å². The number of aliphatic hydroxyl groups excluding tert-OH is 1. The average Bonchev–Trinajstić information content (AvgIpc) is 2.37. The monoisotopic (exact) mass is 273 g/mol. The Morgan fingerprint density at radius 2 is 2.10 bits per heavy atom. The lowest BCUT2D eigenvalue weighted by molar-refractivity contribution is 0.0918. The number of carbonyl (C=O) groups is 1. The number of nitrogens with one attached hydrogen (secondary N) is 1. The van der Waals surface area contributed by atoms with Crippen LogP contribution in [0.5, 0.6) is 0 Å². The number of anilines is 1. The molecule has 0 radical (unpaired) electrons. The molecule has 1 amide bonds. The summed E-state index contributed by atoms with van der Waals surface area (Å²) in [6, 6.07) is 8.87. The van der Waals surface area contributed by atoms with Gasteiger partial charge in [0.25, 0.3) is 5.91 Å². The van der Waals surface area contributed by atoms with Crippen LogP contribution in [0.15, 0.2) is 30.3 Å². The van der Waals surface area contributed by atoms with Crippen LogP contribution in [-0.2, 0) is 0 Å². The van der Waals surface area contributed by atoms with Gasteiger partial charge in [0.15, 0.2) is 0 Å². The molecule has 5 heteroatoms. The number of pyridine rings is 1. The zero-order valence-corrected chi connectivity index (χ0v) is 11.6. The van der Waals surface area contributed by atoms with Crippen LogP contribution in [0.1, 0.15) is 30.8 Å². The molecule has 5 nitrogen and oxygen atoms in total. The highest BCUT2D eigenvalue weighted by Crippen LogP contribution is 2.20. The Kier molecular flexibility index (Phi) is 4.20. The van der Waals surface area contributed by atoms with E-state index >= 15 is 0 Å². The first-order chi connectivity index (χ1) is 9.47. The number of hydrogen-bond donors (Lipinski definition) is 3. The molecule has 2 atom stereocenters. The van der Waals surface area contributed by atoms with Crippen molar-refractivity contribution in [2.24, 2.45) is 0 Å². The van der Waals surface area contributed by atoms with Gasteiger partial charge in [0.2, 0.25) is 0 Å². The third kappa shape index (κ3) is 3.24. The van der Waals surface area contributed by atoms with Crippen LogP contribution in [0.4, 0.5) is 5.69 Å². The molecule has 0 aliphatic heterocycles. The number of fused-ring (bicyclic) bond motifs is 1. The Morgan fingerprint density at radius 3 is 2.80 bits per heavy atom. The van der Waals surface area contributed by atoms with Crippen molar-refractivity contribution in [3.8, 4) is 0 Å². The van der Waals surface area contributed by atoms with Gasteiger partial charge in [-0.3, -0.25) is 4.79 Å². The predicted octanol–water partition coefficient (Wildman–Crippen LogP) is 1.71. The lowest BCUT2D eigenvalue weighted by Crippen LogP contribution is -2.35. The summed E-state index contributed by atoms with van der Waals surface area (Å²) in [7, 11) is 0. The number of nitrogen functional groups attached to an aromatic ring is 1. The normalized spacial score (nSPS) is 13.9. The fraction of sp³-hybridized carbons (Fsp3) is 0.333. The van der Waals surface area contributed by atoms with Crippen molar-refractivity contribution >= 4 is 22.5 Å². The van der Waals surface area contributed by atoms with E-state index in [1.807, 2.05) is 31.2 Å². The van der Waals surface area contributed by atoms with Crippen LogP contribution in [0.2, 0.25) is 0 Å². The van der Waals surface area contributed by atoms with E-state index in [2.05, 4.69) is 10.3 Å². The molecule has 20 heavy (non-hydrogen) atoms. The minimum Gasteiger partial charge on any atom is -0.398 e. The smallest absolute Gasteiger partial charge is 0.270 e. The molecule has 1 aromatic heterocycles. The Balaban J connectivity index is 2.22. The van der Waals surface area contributed by atoms with E-state index in [-0.39, 0.29) is 11.9 Å². The Bertz CT molecular complexity index is 626. The first-order valence-corrected chi connectivity index (χ1v) is 6.61. The Hall–Kier alpha value is -2.14. The third-order valence-corrected chi connectivity index (χ3v) is 3.05. The van der Waals surface area contributed by atoms with Gasteiger partial charge >= 0.3 is 0 Å². The quantitative estimate of drug-likeness (QED) is 0.791.